The van der Waals surface area contributed by atoms with E-state index in [1.807, 2.05) is 39.7 Å². The monoisotopic (exact) mass is 226 g/mol. The van der Waals surface area contributed by atoms with Gasteiger partial charge in [-0.3, -0.25) is 0 Å². The van der Waals surface area contributed by atoms with E-state index in [9.17, 15) is 4.79 Å². The van der Waals surface area contributed by atoms with Gasteiger partial charge in [0.1, 0.15) is 5.78 Å². The number of rotatable bonds is 8. The van der Waals surface area contributed by atoms with E-state index in [0.29, 0.717) is 6.42 Å². The van der Waals surface area contributed by atoms with Gasteiger partial charge in [-0.05, 0) is 41.0 Å². The molecule has 0 radical (unpaired) electrons. The summed E-state index contributed by atoms with van der Waals surface area (Å²) in [6.45, 7) is 9.49. The molecule has 0 amide bonds. The highest BCUT2D eigenvalue weighted by atomic mass is 16.6. The molecule has 0 unspecified atom stereocenters. The largest absolute Gasteiger partial charge is 0.486 e. The predicted molar refractivity (Wildman–Crippen MR) is 67.3 cm³/mol. The molecule has 0 aromatic carbocycles. The zero-order valence-electron chi connectivity index (χ0n) is 11.0. The fourth-order valence-electron chi connectivity index (χ4n) is 1.15. The van der Waals surface area contributed by atoms with Crippen LogP contribution in [0.2, 0.25) is 0 Å². The van der Waals surface area contributed by atoms with Gasteiger partial charge in [0.15, 0.2) is 0 Å². The van der Waals surface area contributed by atoms with Gasteiger partial charge in [0.25, 0.3) is 0 Å². The van der Waals surface area contributed by atoms with Gasteiger partial charge in [0.2, 0.25) is 0 Å². The molecule has 0 saturated carbocycles. The highest BCUT2D eigenvalue weighted by molar-refractivity contribution is 6.50. The van der Waals surface area contributed by atoms with Crippen LogP contribution in [0, 0.1) is 0 Å². The molecule has 0 atom stereocenters. The molecule has 16 heavy (non-hydrogen) atoms. The minimum atomic E-state index is -0.313. The molecule has 92 valence electrons. The van der Waals surface area contributed by atoms with Crippen LogP contribution in [0.15, 0.2) is 12.1 Å². The Bertz CT molecular complexity index is 214. The molecule has 0 heterocycles. The molecular weight excluding hydrogens is 203 g/mol. The van der Waals surface area contributed by atoms with Crippen LogP contribution >= 0.6 is 0 Å². The normalized spacial score (nSPS) is 11.7. The maximum absolute atomic E-state index is 10.7. The Morgan fingerprint density at radius 3 is 2.06 bits per heavy atom. The summed E-state index contributed by atoms with van der Waals surface area (Å²) >= 11 is 0. The summed E-state index contributed by atoms with van der Waals surface area (Å²) in [5.74, 6) is 2.08. The van der Waals surface area contributed by atoms with Crippen LogP contribution in [0.1, 0.15) is 47.5 Å². The van der Waals surface area contributed by atoms with Crippen molar-refractivity contribution >= 4 is 12.9 Å². The molecule has 0 fully saturated rings. The van der Waals surface area contributed by atoms with Crippen LogP contribution in [0.4, 0.5) is 0 Å². The first-order chi connectivity index (χ1) is 7.41. The predicted octanol–water partition coefficient (Wildman–Crippen LogP) is 2.79. The van der Waals surface area contributed by atoms with E-state index in [-0.39, 0.29) is 25.1 Å². The van der Waals surface area contributed by atoms with Gasteiger partial charge in [0.05, 0.1) is 0 Å². The van der Waals surface area contributed by atoms with Crippen LogP contribution in [-0.2, 0) is 14.1 Å². The number of allylic oxidation sites excluding steroid dienone is 1. The lowest BCUT2D eigenvalue weighted by atomic mass is 9.88. The van der Waals surface area contributed by atoms with E-state index in [2.05, 4.69) is 0 Å². The molecule has 0 saturated heterocycles. The number of ketones is 1. The molecule has 4 heteroatoms. The molecule has 0 spiro atoms. The quantitative estimate of drug-likeness (QED) is 0.597. The number of carbonyl (C=O) groups excluding carboxylic acids is 1. The van der Waals surface area contributed by atoms with E-state index >= 15 is 0 Å². The van der Waals surface area contributed by atoms with Gasteiger partial charge in [0, 0.05) is 18.6 Å². The van der Waals surface area contributed by atoms with Crippen LogP contribution in [0.3, 0.4) is 0 Å². The standard InChI is InChI=1S/C12H23BO3/c1-10(2)15-13(16-11(3)4)9-7-6-8-12(5)14/h7,9-11H,6,8H2,1-5H3/b9-7+. The van der Waals surface area contributed by atoms with E-state index < -0.39 is 0 Å². The highest BCUT2D eigenvalue weighted by Gasteiger charge is 2.17. The van der Waals surface area contributed by atoms with E-state index in [1.165, 1.54) is 0 Å². The Morgan fingerprint density at radius 1 is 1.19 bits per heavy atom. The summed E-state index contributed by atoms with van der Waals surface area (Å²) < 4.78 is 11.1. The average molecular weight is 226 g/mol. The third-order valence-electron chi connectivity index (χ3n) is 1.77. The zero-order chi connectivity index (χ0) is 12.6. The van der Waals surface area contributed by atoms with E-state index in [4.69, 9.17) is 9.31 Å². The van der Waals surface area contributed by atoms with Gasteiger partial charge in [-0.2, -0.15) is 0 Å². The zero-order valence-corrected chi connectivity index (χ0v) is 11.0. The maximum atomic E-state index is 10.7. The number of hydrogen-bond donors (Lipinski definition) is 0. The van der Waals surface area contributed by atoms with Gasteiger partial charge in [-0.1, -0.05) is 12.1 Å². The molecule has 0 bridgehead atoms. The number of hydrogen-bond acceptors (Lipinski definition) is 3. The van der Waals surface area contributed by atoms with E-state index in [0.717, 1.165) is 6.42 Å². The second-order valence-corrected chi connectivity index (χ2v) is 4.41. The minimum absolute atomic E-state index is 0.126. The summed E-state index contributed by atoms with van der Waals surface area (Å²) in [6, 6.07) is 0. The average Bonchev–Trinajstić information content (AvgIpc) is 2.09. The lowest BCUT2D eigenvalue weighted by Crippen LogP contribution is -2.27. The Morgan fingerprint density at radius 2 is 1.69 bits per heavy atom. The Balaban J connectivity index is 4.03. The summed E-state index contributed by atoms with van der Waals surface area (Å²) in [6.07, 6.45) is 3.51. The lowest BCUT2D eigenvalue weighted by Gasteiger charge is -2.16. The van der Waals surface area contributed by atoms with E-state index in [1.54, 1.807) is 6.92 Å². The second kappa shape index (κ2) is 8.54. The third-order valence-corrected chi connectivity index (χ3v) is 1.77. The molecule has 0 N–H and O–H groups in total. The van der Waals surface area contributed by atoms with Crippen LogP contribution < -0.4 is 0 Å². The van der Waals surface area contributed by atoms with Crippen molar-refractivity contribution in [3.8, 4) is 0 Å². The fraction of sp³-hybridized carbons (Fsp3) is 0.750. The van der Waals surface area contributed by atoms with Gasteiger partial charge in [-0.15, -0.1) is 0 Å². The minimum Gasteiger partial charge on any atom is -0.405 e. The van der Waals surface area contributed by atoms with Crippen molar-refractivity contribution < 1.29 is 14.1 Å². The molecule has 0 aliphatic carbocycles. The van der Waals surface area contributed by atoms with Crippen LogP contribution in [0.5, 0.6) is 0 Å². The summed E-state index contributed by atoms with van der Waals surface area (Å²) in [5, 5.41) is 0. The topological polar surface area (TPSA) is 35.5 Å². The van der Waals surface area contributed by atoms with Crippen LogP contribution in [0.25, 0.3) is 0 Å². The molecule has 0 rings (SSSR count). The van der Waals surface area contributed by atoms with Crippen molar-refractivity contribution in [2.75, 3.05) is 0 Å². The van der Waals surface area contributed by atoms with Crippen LogP contribution in [-0.4, -0.2) is 25.1 Å². The molecular formula is C12H23BO3. The summed E-state index contributed by atoms with van der Waals surface area (Å²) in [7, 11) is -0.313. The van der Waals surface area contributed by atoms with Gasteiger partial charge in [-0.25, -0.2) is 0 Å². The summed E-state index contributed by atoms with van der Waals surface area (Å²) in [5.41, 5.74) is 0. The van der Waals surface area contributed by atoms with Crippen molar-refractivity contribution in [1.29, 1.82) is 0 Å². The smallest absolute Gasteiger partial charge is 0.405 e. The third kappa shape index (κ3) is 9.93. The Hall–Kier alpha value is -0.605. The van der Waals surface area contributed by atoms with Crippen molar-refractivity contribution in [2.45, 2.75) is 59.7 Å². The molecule has 0 aliphatic rings. The first kappa shape index (κ1) is 15.4. The number of carbonyl (C=O) groups is 1. The van der Waals surface area contributed by atoms with Gasteiger partial charge < -0.3 is 14.1 Å². The van der Waals surface area contributed by atoms with Crippen molar-refractivity contribution in [3.63, 3.8) is 0 Å². The Labute approximate surface area is 99.3 Å². The molecule has 0 aromatic heterocycles. The molecule has 3 nitrogen and oxygen atoms in total. The first-order valence-electron chi connectivity index (χ1n) is 5.88. The SMILES string of the molecule is CC(=O)CC/C=C/B(OC(C)C)OC(C)C. The maximum Gasteiger partial charge on any atom is 0.486 e. The Kier molecular flexibility index (Phi) is 8.21. The lowest BCUT2D eigenvalue weighted by molar-refractivity contribution is -0.116. The fourth-order valence-corrected chi connectivity index (χ4v) is 1.15. The summed E-state index contributed by atoms with van der Waals surface area (Å²) in [4.78, 5) is 10.7. The van der Waals surface area contributed by atoms with Gasteiger partial charge >= 0.3 is 7.12 Å². The van der Waals surface area contributed by atoms with Crippen molar-refractivity contribution in [2.24, 2.45) is 0 Å². The highest BCUT2D eigenvalue weighted by Crippen LogP contribution is 2.03. The van der Waals surface area contributed by atoms with Crippen molar-refractivity contribution in [3.05, 3.63) is 12.1 Å². The molecule has 0 aliphatic heterocycles. The second-order valence-electron chi connectivity index (χ2n) is 4.41. The molecule has 0 aromatic rings. The van der Waals surface area contributed by atoms with Crippen molar-refractivity contribution in [1.82, 2.24) is 0 Å². The number of Topliss-reactive ketones (excluding diaryl/α,β-unsaturated/α-hetero) is 1. The first-order valence-corrected chi connectivity index (χ1v) is 5.88.